The maximum atomic E-state index is 13.3. The van der Waals surface area contributed by atoms with Crippen LogP contribution in [-0.2, 0) is 10.0 Å². The van der Waals surface area contributed by atoms with E-state index >= 15 is 0 Å². The van der Waals surface area contributed by atoms with Gasteiger partial charge in [0, 0.05) is 0 Å². The van der Waals surface area contributed by atoms with E-state index in [1.807, 2.05) is 0 Å². The molecule has 19 heavy (non-hydrogen) atoms. The Kier molecular flexibility index (Phi) is 3.81. The fourth-order valence-corrected chi connectivity index (χ4v) is 2.54. The molecule has 0 fully saturated rings. The zero-order valence-corrected chi connectivity index (χ0v) is 11.7. The quantitative estimate of drug-likeness (QED) is 0.927. The first-order chi connectivity index (χ1) is 8.88. The minimum absolute atomic E-state index is 0.0512. The predicted molar refractivity (Wildman–Crippen MR) is 69.1 cm³/mol. The molecule has 1 aromatic carbocycles. The summed E-state index contributed by atoms with van der Waals surface area (Å²) in [6.45, 7) is 0. The van der Waals surface area contributed by atoms with Gasteiger partial charge in [-0.1, -0.05) is 0 Å². The molecule has 8 heteroatoms. The van der Waals surface area contributed by atoms with Gasteiger partial charge in [-0.3, -0.25) is 4.72 Å². The molecule has 2 aromatic rings. The molecular formula is C11H7BrF2N2O2S. The summed E-state index contributed by atoms with van der Waals surface area (Å²) in [4.78, 5) is 3.31. The Balaban J connectivity index is 2.32. The van der Waals surface area contributed by atoms with Gasteiger partial charge in [-0.2, -0.15) is 0 Å². The van der Waals surface area contributed by atoms with E-state index in [1.165, 1.54) is 18.2 Å². The summed E-state index contributed by atoms with van der Waals surface area (Å²) >= 11 is 2.93. The van der Waals surface area contributed by atoms with Crippen LogP contribution >= 0.6 is 15.9 Å². The molecule has 0 aliphatic rings. The van der Waals surface area contributed by atoms with Crippen LogP contribution in [0.1, 0.15) is 0 Å². The van der Waals surface area contributed by atoms with E-state index in [9.17, 15) is 17.2 Å². The van der Waals surface area contributed by atoms with Gasteiger partial charge in [-0.05, 0) is 46.3 Å². The van der Waals surface area contributed by atoms with Crippen molar-refractivity contribution in [2.75, 3.05) is 4.72 Å². The van der Waals surface area contributed by atoms with E-state index in [1.54, 1.807) is 0 Å². The number of halogens is 3. The number of sulfonamides is 1. The monoisotopic (exact) mass is 348 g/mol. The molecule has 1 aromatic heterocycles. The maximum absolute atomic E-state index is 13.3. The normalized spacial score (nSPS) is 11.3. The SMILES string of the molecule is O=S(=O)(Nc1ccc(F)cn1)c1ccc(Br)c(F)c1. The number of aromatic nitrogens is 1. The van der Waals surface area contributed by atoms with Crippen molar-refractivity contribution in [1.82, 2.24) is 4.98 Å². The van der Waals surface area contributed by atoms with E-state index in [2.05, 4.69) is 25.6 Å². The minimum Gasteiger partial charge on any atom is -0.263 e. The van der Waals surface area contributed by atoms with E-state index < -0.39 is 21.7 Å². The molecule has 1 heterocycles. The third-order valence-corrected chi connectivity index (χ3v) is 4.16. The minimum atomic E-state index is -3.96. The molecular weight excluding hydrogens is 342 g/mol. The molecule has 2 rings (SSSR count). The largest absolute Gasteiger partial charge is 0.263 e. The molecule has 4 nitrogen and oxygen atoms in total. The number of rotatable bonds is 3. The summed E-state index contributed by atoms with van der Waals surface area (Å²) in [5, 5.41) is 0. The van der Waals surface area contributed by atoms with Gasteiger partial charge < -0.3 is 0 Å². The van der Waals surface area contributed by atoms with Crippen LogP contribution in [0, 0.1) is 11.6 Å². The standard InChI is InChI=1S/C11H7BrF2N2O2S/c12-9-3-2-8(5-10(9)14)19(17,18)16-11-4-1-7(13)6-15-11/h1-6H,(H,15,16). The van der Waals surface area contributed by atoms with Crippen LogP contribution in [0.4, 0.5) is 14.6 Å². The summed E-state index contributed by atoms with van der Waals surface area (Å²) in [5.41, 5.74) is 0. The second-order valence-electron chi connectivity index (χ2n) is 3.54. The number of pyridine rings is 1. The molecule has 0 bridgehead atoms. The molecule has 0 saturated heterocycles. The van der Waals surface area contributed by atoms with Crippen LogP contribution in [0.2, 0.25) is 0 Å². The lowest BCUT2D eigenvalue weighted by molar-refractivity contribution is 0.593. The van der Waals surface area contributed by atoms with Gasteiger partial charge in [0.15, 0.2) is 0 Å². The first-order valence-corrected chi connectivity index (χ1v) is 7.25. The van der Waals surface area contributed by atoms with Gasteiger partial charge >= 0.3 is 0 Å². The first kappa shape index (κ1) is 13.9. The third kappa shape index (κ3) is 3.27. The zero-order chi connectivity index (χ0) is 14.0. The molecule has 0 atom stereocenters. The number of hydrogen-bond acceptors (Lipinski definition) is 3. The molecule has 0 radical (unpaired) electrons. The van der Waals surface area contributed by atoms with Crippen LogP contribution in [0.5, 0.6) is 0 Å². The lowest BCUT2D eigenvalue weighted by Gasteiger charge is -2.07. The number of hydrogen-bond donors (Lipinski definition) is 1. The van der Waals surface area contributed by atoms with Crippen LogP contribution < -0.4 is 4.72 Å². The Morgan fingerprint density at radius 3 is 2.47 bits per heavy atom. The third-order valence-electron chi connectivity index (χ3n) is 2.17. The molecule has 0 unspecified atom stereocenters. The highest BCUT2D eigenvalue weighted by Crippen LogP contribution is 2.21. The average Bonchev–Trinajstić information content (AvgIpc) is 2.35. The molecule has 0 aliphatic carbocycles. The Bertz CT molecular complexity index is 705. The van der Waals surface area contributed by atoms with E-state index in [0.717, 1.165) is 18.3 Å². The van der Waals surface area contributed by atoms with E-state index in [4.69, 9.17) is 0 Å². The molecule has 0 aliphatic heterocycles. The summed E-state index contributed by atoms with van der Waals surface area (Å²) in [5.74, 6) is -1.34. The predicted octanol–water partition coefficient (Wildman–Crippen LogP) is 2.92. The topological polar surface area (TPSA) is 59.1 Å². The Morgan fingerprint density at radius 1 is 1.16 bits per heavy atom. The Hall–Kier alpha value is -1.54. The first-order valence-electron chi connectivity index (χ1n) is 4.98. The second-order valence-corrected chi connectivity index (χ2v) is 6.08. The van der Waals surface area contributed by atoms with Gasteiger partial charge in [0.2, 0.25) is 0 Å². The number of anilines is 1. The van der Waals surface area contributed by atoms with Gasteiger partial charge in [-0.25, -0.2) is 22.2 Å². The van der Waals surface area contributed by atoms with Gasteiger partial charge in [0.1, 0.15) is 17.5 Å². The summed E-state index contributed by atoms with van der Waals surface area (Å²) in [6, 6.07) is 5.62. The smallest absolute Gasteiger partial charge is 0.263 e. The lowest BCUT2D eigenvalue weighted by Crippen LogP contribution is -2.14. The highest BCUT2D eigenvalue weighted by Gasteiger charge is 2.16. The Labute approximate surface area is 116 Å². The fraction of sp³-hybridized carbons (Fsp3) is 0. The number of nitrogens with one attached hydrogen (secondary N) is 1. The second kappa shape index (κ2) is 5.22. The molecule has 1 N–H and O–H groups in total. The summed E-state index contributed by atoms with van der Waals surface area (Å²) < 4.78 is 52.1. The van der Waals surface area contributed by atoms with Crippen molar-refractivity contribution in [3.63, 3.8) is 0 Å². The van der Waals surface area contributed by atoms with Crippen molar-refractivity contribution >= 4 is 31.8 Å². The number of benzene rings is 1. The zero-order valence-electron chi connectivity index (χ0n) is 9.27. The Morgan fingerprint density at radius 2 is 1.89 bits per heavy atom. The number of nitrogens with zero attached hydrogens (tertiary/aromatic N) is 1. The van der Waals surface area contributed by atoms with Crippen molar-refractivity contribution in [3.05, 3.63) is 52.6 Å². The van der Waals surface area contributed by atoms with Crippen molar-refractivity contribution in [3.8, 4) is 0 Å². The lowest BCUT2D eigenvalue weighted by atomic mass is 10.3. The summed E-state index contributed by atoms with van der Waals surface area (Å²) in [7, 11) is -3.96. The molecule has 100 valence electrons. The fourth-order valence-electron chi connectivity index (χ4n) is 1.28. The molecule has 0 saturated carbocycles. The van der Waals surface area contributed by atoms with Gasteiger partial charge in [-0.15, -0.1) is 0 Å². The van der Waals surface area contributed by atoms with Gasteiger partial charge in [0.25, 0.3) is 10.0 Å². The van der Waals surface area contributed by atoms with Crippen molar-refractivity contribution in [2.45, 2.75) is 4.90 Å². The maximum Gasteiger partial charge on any atom is 0.263 e. The van der Waals surface area contributed by atoms with E-state index in [-0.39, 0.29) is 15.2 Å². The van der Waals surface area contributed by atoms with Crippen LogP contribution in [0.3, 0.4) is 0 Å². The van der Waals surface area contributed by atoms with Crippen molar-refractivity contribution in [1.29, 1.82) is 0 Å². The average molecular weight is 349 g/mol. The highest BCUT2D eigenvalue weighted by molar-refractivity contribution is 9.10. The van der Waals surface area contributed by atoms with E-state index in [0.29, 0.717) is 0 Å². The van der Waals surface area contributed by atoms with Gasteiger partial charge in [0.05, 0.1) is 15.6 Å². The summed E-state index contributed by atoms with van der Waals surface area (Å²) in [6.07, 6.45) is 0.875. The highest BCUT2D eigenvalue weighted by atomic mass is 79.9. The van der Waals surface area contributed by atoms with Crippen LogP contribution in [0.15, 0.2) is 45.9 Å². The van der Waals surface area contributed by atoms with Crippen molar-refractivity contribution in [2.24, 2.45) is 0 Å². The molecule has 0 spiro atoms. The van der Waals surface area contributed by atoms with Crippen LogP contribution in [-0.4, -0.2) is 13.4 Å². The van der Waals surface area contributed by atoms with Crippen LogP contribution in [0.25, 0.3) is 0 Å². The molecule has 0 amide bonds. The van der Waals surface area contributed by atoms with Crippen molar-refractivity contribution < 1.29 is 17.2 Å².